The fourth-order valence-corrected chi connectivity index (χ4v) is 1.92. The van der Waals surface area contributed by atoms with Gasteiger partial charge >= 0.3 is 6.03 Å². The lowest BCUT2D eigenvalue weighted by molar-refractivity contribution is 0.236. The first-order valence-corrected chi connectivity index (χ1v) is 7.41. The van der Waals surface area contributed by atoms with Crippen LogP contribution in [0.25, 0.3) is 0 Å². The molecule has 0 aliphatic carbocycles. The van der Waals surface area contributed by atoms with Gasteiger partial charge in [0.1, 0.15) is 12.4 Å². The van der Waals surface area contributed by atoms with Gasteiger partial charge in [0.05, 0.1) is 18.8 Å². The Hall–Kier alpha value is -2.56. The van der Waals surface area contributed by atoms with Gasteiger partial charge in [0.15, 0.2) is 0 Å². The van der Waals surface area contributed by atoms with Crippen molar-refractivity contribution in [1.29, 1.82) is 0 Å². The number of ether oxygens (including phenoxy) is 1. The standard InChI is InChI=1S/C17H21N3O2/c1-2-14-6-5-8-16(12-14)22-11-10-19-17(21)20-13-15-7-3-4-9-18-15/h3-9,12H,2,10-11,13H2,1H3,(H2,19,20,21). The number of aromatic nitrogens is 1. The van der Waals surface area contributed by atoms with Crippen molar-refractivity contribution in [3.8, 4) is 5.75 Å². The molecule has 5 heteroatoms. The number of rotatable bonds is 7. The fourth-order valence-electron chi connectivity index (χ4n) is 1.92. The highest BCUT2D eigenvalue weighted by Crippen LogP contribution is 2.13. The first-order chi connectivity index (χ1) is 10.8. The van der Waals surface area contributed by atoms with Crippen molar-refractivity contribution >= 4 is 6.03 Å². The maximum atomic E-state index is 11.6. The van der Waals surface area contributed by atoms with Gasteiger partial charge in [-0.3, -0.25) is 4.98 Å². The van der Waals surface area contributed by atoms with Crippen LogP contribution >= 0.6 is 0 Å². The molecule has 0 saturated heterocycles. The molecule has 0 unspecified atom stereocenters. The topological polar surface area (TPSA) is 63.2 Å². The zero-order chi connectivity index (χ0) is 15.6. The minimum Gasteiger partial charge on any atom is -0.492 e. The average molecular weight is 299 g/mol. The molecule has 0 fully saturated rings. The summed E-state index contributed by atoms with van der Waals surface area (Å²) in [5.41, 5.74) is 2.06. The van der Waals surface area contributed by atoms with Crippen molar-refractivity contribution in [2.75, 3.05) is 13.2 Å². The maximum absolute atomic E-state index is 11.6. The largest absolute Gasteiger partial charge is 0.492 e. The number of amides is 2. The minimum absolute atomic E-state index is 0.225. The summed E-state index contributed by atoms with van der Waals surface area (Å²) in [4.78, 5) is 15.8. The minimum atomic E-state index is -0.225. The van der Waals surface area contributed by atoms with E-state index in [1.165, 1.54) is 5.56 Å². The molecule has 0 bridgehead atoms. The van der Waals surface area contributed by atoms with E-state index in [-0.39, 0.29) is 6.03 Å². The molecular weight excluding hydrogens is 278 g/mol. The van der Waals surface area contributed by atoms with Crippen LogP contribution in [0.1, 0.15) is 18.2 Å². The van der Waals surface area contributed by atoms with Crippen molar-refractivity contribution < 1.29 is 9.53 Å². The van der Waals surface area contributed by atoms with Gasteiger partial charge in [0, 0.05) is 6.20 Å². The molecule has 2 aromatic rings. The summed E-state index contributed by atoms with van der Waals surface area (Å²) in [7, 11) is 0. The summed E-state index contributed by atoms with van der Waals surface area (Å²) in [6.45, 7) is 3.40. The van der Waals surface area contributed by atoms with Gasteiger partial charge in [-0.05, 0) is 36.2 Å². The first kappa shape index (κ1) is 15.8. The highest BCUT2D eigenvalue weighted by atomic mass is 16.5. The second-order valence-electron chi connectivity index (χ2n) is 4.78. The number of carbonyl (C=O) groups excluding carboxylic acids is 1. The van der Waals surface area contributed by atoms with Gasteiger partial charge < -0.3 is 15.4 Å². The van der Waals surface area contributed by atoms with Crippen LogP contribution in [0.15, 0.2) is 48.7 Å². The molecule has 1 aromatic carbocycles. The van der Waals surface area contributed by atoms with Crippen molar-refractivity contribution in [3.05, 3.63) is 59.9 Å². The number of hydrogen-bond acceptors (Lipinski definition) is 3. The Morgan fingerprint density at radius 1 is 1.18 bits per heavy atom. The van der Waals surface area contributed by atoms with E-state index in [0.717, 1.165) is 17.9 Å². The van der Waals surface area contributed by atoms with Crippen LogP contribution in [-0.4, -0.2) is 24.2 Å². The lowest BCUT2D eigenvalue weighted by Crippen LogP contribution is -2.37. The third-order valence-electron chi connectivity index (χ3n) is 3.12. The third-order valence-corrected chi connectivity index (χ3v) is 3.12. The fraction of sp³-hybridized carbons (Fsp3) is 0.294. The molecule has 22 heavy (non-hydrogen) atoms. The number of urea groups is 1. The normalized spacial score (nSPS) is 10.0. The SMILES string of the molecule is CCc1cccc(OCCNC(=O)NCc2ccccn2)c1. The highest BCUT2D eigenvalue weighted by Gasteiger charge is 2.01. The molecule has 0 radical (unpaired) electrons. The second-order valence-corrected chi connectivity index (χ2v) is 4.78. The number of pyridine rings is 1. The average Bonchev–Trinajstić information content (AvgIpc) is 2.58. The molecule has 2 N–H and O–H groups in total. The summed E-state index contributed by atoms with van der Waals surface area (Å²) in [6.07, 6.45) is 2.68. The smallest absolute Gasteiger partial charge is 0.315 e. The number of benzene rings is 1. The van der Waals surface area contributed by atoms with Crippen LogP contribution in [0, 0.1) is 0 Å². The Morgan fingerprint density at radius 2 is 2.09 bits per heavy atom. The molecular formula is C17H21N3O2. The molecule has 0 aliphatic rings. The zero-order valence-electron chi connectivity index (χ0n) is 12.7. The monoisotopic (exact) mass is 299 g/mol. The molecule has 0 spiro atoms. The molecule has 5 nitrogen and oxygen atoms in total. The molecule has 0 saturated carbocycles. The lowest BCUT2D eigenvalue weighted by atomic mass is 10.2. The van der Waals surface area contributed by atoms with E-state index < -0.39 is 0 Å². The quantitative estimate of drug-likeness (QED) is 0.772. The number of nitrogens with zero attached hydrogens (tertiary/aromatic N) is 1. The van der Waals surface area contributed by atoms with E-state index in [4.69, 9.17) is 4.74 Å². The third kappa shape index (κ3) is 5.44. The Bertz CT molecular complexity index is 587. The van der Waals surface area contributed by atoms with Crippen molar-refractivity contribution in [3.63, 3.8) is 0 Å². The van der Waals surface area contributed by atoms with Crippen molar-refractivity contribution in [2.45, 2.75) is 19.9 Å². The van der Waals surface area contributed by atoms with Gasteiger partial charge in [-0.2, -0.15) is 0 Å². The number of carbonyl (C=O) groups is 1. The zero-order valence-corrected chi connectivity index (χ0v) is 12.7. The number of hydrogen-bond donors (Lipinski definition) is 2. The van der Waals surface area contributed by atoms with E-state index in [1.807, 2.05) is 36.4 Å². The van der Waals surface area contributed by atoms with Crippen LogP contribution in [0.4, 0.5) is 4.79 Å². The van der Waals surface area contributed by atoms with Gasteiger partial charge in [0.2, 0.25) is 0 Å². The highest BCUT2D eigenvalue weighted by molar-refractivity contribution is 5.73. The van der Waals surface area contributed by atoms with Crippen molar-refractivity contribution in [2.24, 2.45) is 0 Å². The van der Waals surface area contributed by atoms with Crippen LogP contribution in [0.3, 0.4) is 0 Å². The molecule has 2 rings (SSSR count). The second kappa shape index (κ2) is 8.67. The molecule has 116 valence electrons. The molecule has 1 aromatic heterocycles. The van der Waals surface area contributed by atoms with E-state index in [2.05, 4.69) is 28.6 Å². The molecule has 0 atom stereocenters. The first-order valence-electron chi connectivity index (χ1n) is 7.41. The molecule has 0 aliphatic heterocycles. The Labute approximate surface area is 130 Å². The van der Waals surface area contributed by atoms with Crippen molar-refractivity contribution in [1.82, 2.24) is 15.6 Å². The summed E-state index contributed by atoms with van der Waals surface area (Å²) in [5, 5.41) is 5.50. The van der Waals surface area contributed by atoms with Gasteiger partial charge in [-0.25, -0.2) is 4.79 Å². The van der Waals surface area contributed by atoms with Gasteiger partial charge in [-0.1, -0.05) is 25.1 Å². The van der Waals surface area contributed by atoms with E-state index >= 15 is 0 Å². The summed E-state index contributed by atoms with van der Waals surface area (Å²) in [5.74, 6) is 0.829. The summed E-state index contributed by atoms with van der Waals surface area (Å²) < 4.78 is 5.61. The molecule has 1 heterocycles. The Kier molecular flexibility index (Phi) is 6.23. The Balaban J connectivity index is 1.62. The predicted octanol–water partition coefficient (Wildman–Crippen LogP) is 2.52. The lowest BCUT2D eigenvalue weighted by Gasteiger charge is -2.09. The molecule has 2 amide bonds. The Morgan fingerprint density at radius 3 is 2.86 bits per heavy atom. The van der Waals surface area contributed by atoms with E-state index in [1.54, 1.807) is 6.20 Å². The maximum Gasteiger partial charge on any atom is 0.315 e. The van der Waals surface area contributed by atoms with Crippen LogP contribution in [-0.2, 0) is 13.0 Å². The number of nitrogens with one attached hydrogen (secondary N) is 2. The van der Waals surface area contributed by atoms with Gasteiger partial charge in [-0.15, -0.1) is 0 Å². The summed E-state index contributed by atoms with van der Waals surface area (Å²) in [6, 6.07) is 13.3. The van der Waals surface area contributed by atoms with Crippen LogP contribution in [0.2, 0.25) is 0 Å². The number of aryl methyl sites for hydroxylation is 1. The summed E-state index contributed by atoms with van der Waals surface area (Å²) >= 11 is 0. The van der Waals surface area contributed by atoms with Crippen LogP contribution in [0.5, 0.6) is 5.75 Å². The predicted molar refractivity (Wildman–Crippen MR) is 85.8 cm³/mol. The van der Waals surface area contributed by atoms with Gasteiger partial charge in [0.25, 0.3) is 0 Å². The van der Waals surface area contributed by atoms with E-state index in [9.17, 15) is 4.79 Å². The van der Waals surface area contributed by atoms with E-state index in [0.29, 0.717) is 19.7 Å². The van der Waals surface area contributed by atoms with Crippen LogP contribution < -0.4 is 15.4 Å².